The summed E-state index contributed by atoms with van der Waals surface area (Å²) in [5.74, 6) is 2.09. The minimum atomic E-state index is -0.354. The van der Waals surface area contributed by atoms with E-state index in [1.807, 2.05) is 0 Å². The summed E-state index contributed by atoms with van der Waals surface area (Å²) in [7, 11) is 0. The molecule has 0 amide bonds. The van der Waals surface area contributed by atoms with Crippen molar-refractivity contribution in [3.05, 3.63) is 11.7 Å². The third-order valence-electron chi connectivity index (χ3n) is 3.41. The molecule has 2 N–H and O–H groups in total. The molecule has 2 atom stereocenters. The van der Waals surface area contributed by atoms with Gasteiger partial charge in [0.15, 0.2) is 5.82 Å². The van der Waals surface area contributed by atoms with E-state index in [0.29, 0.717) is 11.7 Å². The molecule has 16 heavy (non-hydrogen) atoms. The number of rotatable bonds is 3. The molecule has 1 aliphatic carbocycles. The largest absolute Gasteiger partial charge is 0.339 e. The maximum atomic E-state index is 6.40. The zero-order valence-corrected chi connectivity index (χ0v) is 10.2. The minimum Gasteiger partial charge on any atom is -0.339 e. The van der Waals surface area contributed by atoms with Crippen LogP contribution in [-0.4, -0.2) is 10.1 Å². The molecule has 0 spiro atoms. The molecule has 2 unspecified atom stereocenters. The Kier molecular flexibility index (Phi) is 3.28. The van der Waals surface area contributed by atoms with E-state index in [-0.39, 0.29) is 5.54 Å². The van der Waals surface area contributed by atoms with Crippen LogP contribution in [0.4, 0.5) is 0 Å². The molecule has 1 saturated carbocycles. The summed E-state index contributed by atoms with van der Waals surface area (Å²) in [6.07, 6.45) is 6.24. The molecule has 2 rings (SSSR count). The van der Waals surface area contributed by atoms with Crippen molar-refractivity contribution < 1.29 is 4.52 Å². The predicted molar refractivity (Wildman–Crippen MR) is 61.8 cm³/mol. The quantitative estimate of drug-likeness (QED) is 0.854. The number of nitrogens with two attached hydrogens (primary N) is 1. The summed E-state index contributed by atoms with van der Waals surface area (Å²) in [6.45, 7) is 4.35. The highest BCUT2D eigenvalue weighted by atomic mass is 16.5. The van der Waals surface area contributed by atoms with Gasteiger partial charge in [0, 0.05) is 6.42 Å². The fourth-order valence-electron chi connectivity index (χ4n) is 2.57. The Labute approximate surface area is 96.6 Å². The van der Waals surface area contributed by atoms with Crippen molar-refractivity contribution in [3.8, 4) is 0 Å². The second kappa shape index (κ2) is 4.53. The molecule has 1 aromatic heterocycles. The van der Waals surface area contributed by atoms with Crippen LogP contribution in [0.5, 0.6) is 0 Å². The van der Waals surface area contributed by atoms with Crippen molar-refractivity contribution in [3.63, 3.8) is 0 Å². The highest BCUT2D eigenvalue weighted by Crippen LogP contribution is 2.36. The zero-order chi connectivity index (χ0) is 11.6. The SMILES string of the molecule is CCCc1nc(C2(N)CCCC(C)C2)no1. The van der Waals surface area contributed by atoms with Crippen molar-refractivity contribution in [2.45, 2.75) is 57.9 Å². The molecule has 0 aromatic carbocycles. The van der Waals surface area contributed by atoms with Crippen LogP contribution in [0.25, 0.3) is 0 Å². The van der Waals surface area contributed by atoms with Gasteiger partial charge in [0.05, 0.1) is 5.54 Å². The fraction of sp³-hybridized carbons (Fsp3) is 0.833. The first-order chi connectivity index (χ1) is 7.64. The summed E-state index contributed by atoms with van der Waals surface area (Å²) in [4.78, 5) is 4.43. The van der Waals surface area contributed by atoms with Gasteiger partial charge < -0.3 is 10.3 Å². The first kappa shape index (κ1) is 11.6. The first-order valence-electron chi connectivity index (χ1n) is 6.26. The summed E-state index contributed by atoms with van der Waals surface area (Å²) in [5, 5.41) is 4.05. The van der Waals surface area contributed by atoms with E-state index in [9.17, 15) is 0 Å². The van der Waals surface area contributed by atoms with Crippen LogP contribution in [-0.2, 0) is 12.0 Å². The maximum absolute atomic E-state index is 6.40. The van der Waals surface area contributed by atoms with E-state index < -0.39 is 0 Å². The van der Waals surface area contributed by atoms with E-state index >= 15 is 0 Å². The normalized spacial score (nSPS) is 30.6. The lowest BCUT2D eigenvalue weighted by Crippen LogP contribution is -2.42. The molecule has 1 fully saturated rings. The molecule has 4 heteroatoms. The standard InChI is InChI=1S/C12H21N3O/c1-3-5-10-14-11(15-16-10)12(13)7-4-6-9(2)8-12/h9H,3-8,13H2,1-2H3. The molecule has 1 aliphatic rings. The van der Waals surface area contributed by atoms with Gasteiger partial charge in [-0.1, -0.05) is 31.8 Å². The Bertz CT molecular complexity index is 350. The number of nitrogens with zero attached hydrogens (tertiary/aromatic N) is 2. The fourth-order valence-corrected chi connectivity index (χ4v) is 2.57. The molecule has 90 valence electrons. The molecule has 1 aromatic rings. The monoisotopic (exact) mass is 223 g/mol. The van der Waals surface area contributed by atoms with Crippen LogP contribution >= 0.6 is 0 Å². The van der Waals surface area contributed by atoms with Gasteiger partial charge in [-0.3, -0.25) is 0 Å². The van der Waals surface area contributed by atoms with E-state index in [1.54, 1.807) is 0 Å². The lowest BCUT2D eigenvalue weighted by atomic mass is 9.76. The second-order valence-electron chi connectivity index (χ2n) is 5.12. The first-order valence-corrected chi connectivity index (χ1v) is 6.26. The molecule has 4 nitrogen and oxygen atoms in total. The van der Waals surface area contributed by atoms with E-state index in [4.69, 9.17) is 10.3 Å². The highest BCUT2D eigenvalue weighted by molar-refractivity contribution is 5.06. The third-order valence-corrected chi connectivity index (χ3v) is 3.41. The molecule has 0 aliphatic heterocycles. The van der Waals surface area contributed by atoms with Gasteiger partial charge in [-0.05, 0) is 25.2 Å². The highest BCUT2D eigenvalue weighted by Gasteiger charge is 2.36. The maximum Gasteiger partial charge on any atom is 0.226 e. The number of aromatic nitrogens is 2. The smallest absolute Gasteiger partial charge is 0.226 e. The summed E-state index contributed by atoms with van der Waals surface area (Å²) in [6, 6.07) is 0. The van der Waals surface area contributed by atoms with Crippen LogP contribution in [0.1, 0.15) is 57.7 Å². The topological polar surface area (TPSA) is 64.9 Å². The Balaban J connectivity index is 2.14. The Morgan fingerprint density at radius 1 is 1.56 bits per heavy atom. The lowest BCUT2D eigenvalue weighted by molar-refractivity contribution is 0.221. The van der Waals surface area contributed by atoms with Gasteiger partial charge in [-0.2, -0.15) is 4.98 Å². The average Bonchev–Trinajstić information content (AvgIpc) is 2.67. The molecule has 0 radical (unpaired) electrons. The van der Waals surface area contributed by atoms with Crippen LogP contribution in [0, 0.1) is 5.92 Å². The zero-order valence-electron chi connectivity index (χ0n) is 10.2. The van der Waals surface area contributed by atoms with Crippen LogP contribution in [0.2, 0.25) is 0 Å². The van der Waals surface area contributed by atoms with Crippen LogP contribution < -0.4 is 5.73 Å². The van der Waals surface area contributed by atoms with Gasteiger partial charge in [0.1, 0.15) is 0 Å². The van der Waals surface area contributed by atoms with Gasteiger partial charge >= 0.3 is 0 Å². The number of hydrogen-bond donors (Lipinski definition) is 1. The number of hydrogen-bond acceptors (Lipinski definition) is 4. The minimum absolute atomic E-state index is 0.354. The van der Waals surface area contributed by atoms with Crippen molar-refractivity contribution in [1.29, 1.82) is 0 Å². The van der Waals surface area contributed by atoms with Gasteiger partial charge in [-0.15, -0.1) is 0 Å². The van der Waals surface area contributed by atoms with Gasteiger partial charge in [0.25, 0.3) is 0 Å². The third kappa shape index (κ3) is 2.26. The van der Waals surface area contributed by atoms with Crippen molar-refractivity contribution >= 4 is 0 Å². The van der Waals surface area contributed by atoms with E-state index in [1.165, 1.54) is 6.42 Å². The van der Waals surface area contributed by atoms with Gasteiger partial charge in [-0.25, -0.2) is 0 Å². The second-order valence-corrected chi connectivity index (χ2v) is 5.12. The van der Waals surface area contributed by atoms with Crippen molar-refractivity contribution in [2.75, 3.05) is 0 Å². The summed E-state index contributed by atoms with van der Waals surface area (Å²) in [5.41, 5.74) is 6.04. The predicted octanol–water partition coefficient (Wildman–Crippen LogP) is 2.39. The van der Waals surface area contributed by atoms with E-state index in [2.05, 4.69) is 24.0 Å². The molecule has 0 bridgehead atoms. The Morgan fingerprint density at radius 2 is 2.38 bits per heavy atom. The molecule has 0 saturated heterocycles. The number of aryl methyl sites for hydroxylation is 1. The van der Waals surface area contributed by atoms with Crippen molar-refractivity contribution in [1.82, 2.24) is 10.1 Å². The van der Waals surface area contributed by atoms with E-state index in [0.717, 1.165) is 38.0 Å². The van der Waals surface area contributed by atoms with Gasteiger partial charge in [0.2, 0.25) is 5.89 Å². The molecular formula is C12H21N3O. The average molecular weight is 223 g/mol. The Morgan fingerprint density at radius 3 is 3.06 bits per heavy atom. The van der Waals surface area contributed by atoms with Crippen LogP contribution in [0.15, 0.2) is 4.52 Å². The Hall–Kier alpha value is -0.900. The lowest BCUT2D eigenvalue weighted by Gasteiger charge is -2.33. The molecular weight excluding hydrogens is 202 g/mol. The summed E-state index contributed by atoms with van der Waals surface area (Å²) < 4.78 is 5.22. The van der Waals surface area contributed by atoms with Crippen molar-refractivity contribution in [2.24, 2.45) is 11.7 Å². The molecule has 1 heterocycles. The summed E-state index contributed by atoms with van der Waals surface area (Å²) >= 11 is 0. The van der Waals surface area contributed by atoms with Crippen LogP contribution in [0.3, 0.4) is 0 Å².